The van der Waals surface area contributed by atoms with Crippen LogP contribution >= 0.6 is 0 Å². The molecule has 0 aliphatic rings. The summed E-state index contributed by atoms with van der Waals surface area (Å²) in [7, 11) is 0. The van der Waals surface area contributed by atoms with E-state index in [2.05, 4.69) is 5.92 Å². The topological polar surface area (TPSA) is 46.5 Å². The van der Waals surface area contributed by atoms with Crippen LogP contribution in [0.1, 0.15) is 97.3 Å². The Morgan fingerprint density at radius 3 is 2.04 bits per heavy atom. The van der Waals surface area contributed by atoms with Gasteiger partial charge in [0, 0.05) is 19.8 Å². The van der Waals surface area contributed by atoms with E-state index in [0.29, 0.717) is 12.8 Å². The van der Waals surface area contributed by atoms with E-state index in [0.717, 1.165) is 25.7 Å². The van der Waals surface area contributed by atoms with Crippen LogP contribution in [-0.4, -0.2) is 23.3 Å². The molecule has 3 nitrogen and oxygen atoms in total. The van der Waals surface area contributed by atoms with Gasteiger partial charge < -0.3 is 9.84 Å². The summed E-state index contributed by atoms with van der Waals surface area (Å²) in [6.45, 7) is 3.39. The van der Waals surface area contributed by atoms with E-state index in [1.165, 1.54) is 51.9 Å². The highest BCUT2D eigenvalue weighted by Gasteiger charge is 2.15. The van der Waals surface area contributed by atoms with Crippen molar-refractivity contribution in [2.75, 3.05) is 0 Å². The molecule has 0 amide bonds. The number of aliphatic hydroxyl groups excluding tert-OH is 1. The molecule has 0 saturated carbocycles. The summed E-state index contributed by atoms with van der Waals surface area (Å²) in [6.07, 6.45) is 18.9. The first-order chi connectivity index (χ1) is 11.1. The molecule has 0 heterocycles. The van der Waals surface area contributed by atoms with Crippen LogP contribution in [0.4, 0.5) is 0 Å². The number of carbonyl (C=O) groups is 1. The van der Waals surface area contributed by atoms with E-state index < -0.39 is 0 Å². The predicted octanol–water partition coefficient (Wildman–Crippen LogP) is 5.00. The van der Waals surface area contributed by atoms with E-state index in [4.69, 9.17) is 11.2 Å². The van der Waals surface area contributed by atoms with Crippen LogP contribution in [0.3, 0.4) is 0 Å². The maximum Gasteiger partial charge on any atom is 0.302 e. The number of carbonyl (C=O) groups excluding carboxylic acids is 1. The molecule has 0 bridgehead atoms. The van der Waals surface area contributed by atoms with Crippen molar-refractivity contribution in [1.82, 2.24) is 0 Å². The quantitative estimate of drug-likeness (QED) is 0.262. The second-order valence-corrected chi connectivity index (χ2v) is 6.45. The van der Waals surface area contributed by atoms with Gasteiger partial charge in [0.05, 0.1) is 6.10 Å². The predicted molar refractivity (Wildman–Crippen MR) is 96.1 cm³/mol. The van der Waals surface area contributed by atoms with Crippen LogP contribution in [-0.2, 0) is 9.53 Å². The number of hydrogen-bond donors (Lipinski definition) is 1. The van der Waals surface area contributed by atoms with Crippen LogP contribution in [0.2, 0.25) is 0 Å². The van der Waals surface area contributed by atoms with Gasteiger partial charge in [-0.3, -0.25) is 4.79 Å². The zero-order valence-electron chi connectivity index (χ0n) is 15.2. The lowest BCUT2D eigenvalue weighted by Gasteiger charge is -2.19. The van der Waals surface area contributed by atoms with Crippen LogP contribution < -0.4 is 0 Å². The minimum Gasteiger partial charge on any atom is -0.462 e. The lowest BCUT2D eigenvalue weighted by Crippen LogP contribution is -2.22. The maximum atomic E-state index is 11.1. The van der Waals surface area contributed by atoms with Gasteiger partial charge in [0.1, 0.15) is 6.10 Å². The molecule has 23 heavy (non-hydrogen) atoms. The number of unbranched alkanes of at least 4 members (excludes halogenated alkanes) is 9. The fourth-order valence-corrected chi connectivity index (χ4v) is 2.77. The van der Waals surface area contributed by atoms with Gasteiger partial charge in [0.15, 0.2) is 0 Å². The first kappa shape index (κ1) is 22.0. The van der Waals surface area contributed by atoms with Gasteiger partial charge >= 0.3 is 5.97 Å². The average molecular weight is 325 g/mol. The molecule has 134 valence electrons. The minimum absolute atomic E-state index is 0.126. The molecule has 1 N–H and O–H groups in total. The minimum atomic E-state index is -0.367. The monoisotopic (exact) mass is 324 g/mol. The lowest BCUT2D eigenvalue weighted by molar-refractivity contribution is -0.148. The van der Waals surface area contributed by atoms with Gasteiger partial charge in [-0.05, 0) is 25.7 Å². The first-order valence-corrected chi connectivity index (χ1v) is 9.38. The third kappa shape index (κ3) is 15.7. The molecule has 0 saturated heterocycles. The maximum absolute atomic E-state index is 11.1. The normalized spacial score (nSPS) is 13.3. The van der Waals surface area contributed by atoms with Gasteiger partial charge in [-0.25, -0.2) is 0 Å². The Bertz CT molecular complexity index is 319. The van der Waals surface area contributed by atoms with Crippen molar-refractivity contribution in [3.63, 3.8) is 0 Å². The summed E-state index contributed by atoms with van der Waals surface area (Å²) in [5, 5.41) is 9.72. The van der Waals surface area contributed by atoms with E-state index in [-0.39, 0.29) is 18.2 Å². The lowest BCUT2D eigenvalue weighted by atomic mass is 10.0. The summed E-state index contributed by atoms with van der Waals surface area (Å²) < 4.78 is 5.30. The molecule has 0 aromatic carbocycles. The van der Waals surface area contributed by atoms with Crippen LogP contribution in [0.5, 0.6) is 0 Å². The summed E-state index contributed by atoms with van der Waals surface area (Å²) >= 11 is 0. The highest BCUT2D eigenvalue weighted by atomic mass is 16.5. The van der Waals surface area contributed by atoms with Gasteiger partial charge in [0.25, 0.3) is 0 Å². The van der Waals surface area contributed by atoms with Crippen molar-refractivity contribution >= 4 is 5.97 Å². The fraction of sp³-hybridized carbons (Fsp3) is 0.850. The van der Waals surface area contributed by atoms with E-state index in [1.54, 1.807) is 0 Å². The van der Waals surface area contributed by atoms with Gasteiger partial charge in [-0.15, -0.1) is 12.3 Å². The summed E-state index contributed by atoms with van der Waals surface area (Å²) in [5.74, 6) is 2.44. The van der Waals surface area contributed by atoms with Crippen molar-refractivity contribution in [3.8, 4) is 12.3 Å². The Kier molecular flexibility index (Phi) is 15.2. The summed E-state index contributed by atoms with van der Waals surface area (Å²) in [6, 6.07) is 0. The largest absolute Gasteiger partial charge is 0.462 e. The summed E-state index contributed by atoms with van der Waals surface area (Å²) in [4.78, 5) is 11.1. The standard InChI is InChI=1S/C20H36O3/c1-4-6-7-8-9-10-11-12-13-14-15-16-20(23-18(3)21)17-19(22)5-2/h1,19-20,22H,5-17H2,2-3H3. The Hall–Kier alpha value is -1.01. The molecular weight excluding hydrogens is 288 g/mol. The molecule has 0 aliphatic carbocycles. The highest BCUT2D eigenvalue weighted by Crippen LogP contribution is 2.16. The van der Waals surface area contributed by atoms with Crippen LogP contribution in [0, 0.1) is 12.3 Å². The molecule has 0 spiro atoms. The smallest absolute Gasteiger partial charge is 0.302 e. The number of hydrogen-bond acceptors (Lipinski definition) is 3. The number of rotatable bonds is 15. The molecule has 0 rings (SSSR count). The molecular formula is C20H36O3. The number of esters is 1. The molecule has 0 aromatic heterocycles. The Morgan fingerprint density at radius 1 is 1.04 bits per heavy atom. The van der Waals surface area contributed by atoms with Gasteiger partial charge in [-0.2, -0.15) is 0 Å². The van der Waals surface area contributed by atoms with Crippen LogP contribution in [0.25, 0.3) is 0 Å². The van der Waals surface area contributed by atoms with E-state index in [9.17, 15) is 9.90 Å². The SMILES string of the molecule is C#CCCCCCCCCCCCC(CC(O)CC)OC(C)=O. The Balaban J connectivity index is 3.54. The third-order valence-electron chi connectivity index (χ3n) is 4.19. The second-order valence-electron chi connectivity index (χ2n) is 6.45. The van der Waals surface area contributed by atoms with Crippen molar-refractivity contribution in [1.29, 1.82) is 0 Å². The molecule has 0 radical (unpaired) electrons. The van der Waals surface area contributed by atoms with Crippen LogP contribution in [0.15, 0.2) is 0 Å². The molecule has 0 aliphatic heterocycles. The zero-order chi connectivity index (χ0) is 17.3. The Morgan fingerprint density at radius 2 is 1.57 bits per heavy atom. The molecule has 3 heteroatoms. The average Bonchev–Trinajstić information content (AvgIpc) is 2.51. The van der Waals surface area contributed by atoms with E-state index >= 15 is 0 Å². The van der Waals surface area contributed by atoms with Gasteiger partial charge in [0.2, 0.25) is 0 Å². The van der Waals surface area contributed by atoms with Crippen molar-refractivity contribution in [2.24, 2.45) is 0 Å². The molecule has 2 atom stereocenters. The fourth-order valence-electron chi connectivity index (χ4n) is 2.77. The van der Waals surface area contributed by atoms with Gasteiger partial charge in [-0.1, -0.05) is 51.9 Å². The molecule has 2 unspecified atom stereocenters. The molecule has 0 aromatic rings. The third-order valence-corrected chi connectivity index (χ3v) is 4.19. The van der Waals surface area contributed by atoms with Crippen molar-refractivity contribution in [2.45, 2.75) is 110 Å². The highest BCUT2D eigenvalue weighted by molar-refractivity contribution is 5.66. The number of terminal acetylenes is 1. The summed E-state index contributed by atoms with van der Waals surface area (Å²) in [5.41, 5.74) is 0. The van der Waals surface area contributed by atoms with E-state index in [1.807, 2.05) is 6.92 Å². The Labute approximate surface area is 143 Å². The second kappa shape index (κ2) is 15.9. The number of ether oxygens (including phenoxy) is 1. The van der Waals surface area contributed by atoms with Crippen molar-refractivity contribution < 1.29 is 14.6 Å². The molecule has 0 fully saturated rings. The first-order valence-electron chi connectivity index (χ1n) is 9.38. The zero-order valence-corrected chi connectivity index (χ0v) is 15.2. The van der Waals surface area contributed by atoms with Crippen molar-refractivity contribution in [3.05, 3.63) is 0 Å². The number of aliphatic hydroxyl groups is 1.